The number of anilines is 1. The quantitative estimate of drug-likeness (QED) is 0.818. The number of aryl methyl sites for hydroxylation is 1. The van der Waals surface area contributed by atoms with Crippen LogP contribution in [-0.4, -0.2) is 43.4 Å². The highest BCUT2D eigenvalue weighted by atomic mass is 32.2. The van der Waals surface area contributed by atoms with Crippen LogP contribution in [0, 0.1) is 12.8 Å². The van der Waals surface area contributed by atoms with Gasteiger partial charge in [-0.3, -0.25) is 14.3 Å². The van der Waals surface area contributed by atoms with E-state index in [9.17, 15) is 18.0 Å². The number of amides is 1. The average Bonchev–Trinajstić information content (AvgIpc) is 3.13. The predicted octanol–water partition coefficient (Wildman–Crippen LogP) is 2.34. The van der Waals surface area contributed by atoms with Crippen molar-refractivity contribution >= 4 is 27.6 Å². The number of carbonyl (C=O) groups is 2. The van der Waals surface area contributed by atoms with Gasteiger partial charge in [0.2, 0.25) is 0 Å². The fraction of sp³-hybridized carbons (Fsp3) is 0.263. The number of nitrogens with zero attached hydrogens (tertiary/aromatic N) is 1. The topological polar surface area (TPSA) is 104 Å². The molecule has 0 aromatic heterocycles. The number of likely N-dealkylation sites (tertiary alicyclic amines) is 1. The maximum absolute atomic E-state index is 12.5. The molecule has 1 amide bonds. The second-order valence-corrected chi connectivity index (χ2v) is 8.25. The second-order valence-electron chi connectivity index (χ2n) is 6.57. The van der Waals surface area contributed by atoms with Crippen LogP contribution in [0.15, 0.2) is 53.4 Å². The van der Waals surface area contributed by atoms with Gasteiger partial charge in [0.05, 0.1) is 10.8 Å². The van der Waals surface area contributed by atoms with Gasteiger partial charge in [0.15, 0.2) is 0 Å². The van der Waals surface area contributed by atoms with Crippen molar-refractivity contribution in [2.75, 3.05) is 17.8 Å². The monoisotopic (exact) mass is 388 g/mol. The molecule has 0 bridgehead atoms. The summed E-state index contributed by atoms with van der Waals surface area (Å²) < 4.78 is 27.4. The van der Waals surface area contributed by atoms with Crippen LogP contribution in [0.2, 0.25) is 0 Å². The zero-order valence-corrected chi connectivity index (χ0v) is 15.6. The number of carboxylic acid groups (broad SMARTS) is 1. The minimum atomic E-state index is -3.76. The molecule has 1 heterocycles. The Bertz CT molecular complexity index is 953. The van der Waals surface area contributed by atoms with Crippen LogP contribution in [-0.2, 0) is 14.8 Å². The molecule has 0 aliphatic carbocycles. The van der Waals surface area contributed by atoms with Crippen LogP contribution < -0.4 is 4.72 Å². The Balaban J connectivity index is 1.72. The second kappa shape index (κ2) is 7.40. The maximum atomic E-state index is 12.5. The van der Waals surface area contributed by atoms with Crippen molar-refractivity contribution in [3.63, 3.8) is 0 Å². The molecule has 1 saturated heterocycles. The first-order valence-electron chi connectivity index (χ1n) is 8.48. The largest absolute Gasteiger partial charge is 0.481 e. The molecule has 1 aliphatic heterocycles. The standard InChI is InChI=1S/C19H20N2O5S/c1-13-2-6-16(7-3-13)20-27(25,26)17-8-4-14(5-9-17)18(22)21-11-10-15(12-21)19(23)24/h2-9,15,20H,10-12H2,1H3,(H,23,24). The van der Waals surface area contributed by atoms with Crippen LogP contribution in [0.4, 0.5) is 5.69 Å². The van der Waals surface area contributed by atoms with Gasteiger partial charge in [-0.05, 0) is 49.7 Å². The molecule has 1 atom stereocenters. The molecule has 0 radical (unpaired) electrons. The number of benzene rings is 2. The third kappa shape index (κ3) is 4.28. The fourth-order valence-corrected chi connectivity index (χ4v) is 4.00. The Hall–Kier alpha value is -2.87. The van der Waals surface area contributed by atoms with E-state index in [1.807, 2.05) is 6.92 Å². The lowest BCUT2D eigenvalue weighted by Crippen LogP contribution is -2.29. The summed E-state index contributed by atoms with van der Waals surface area (Å²) in [5.41, 5.74) is 1.81. The third-order valence-electron chi connectivity index (χ3n) is 4.54. The van der Waals surface area contributed by atoms with Crippen molar-refractivity contribution < 1.29 is 23.1 Å². The fourth-order valence-electron chi connectivity index (χ4n) is 2.94. The van der Waals surface area contributed by atoms with Crippen molar-refractivity contribution in [2.24, 2.45) is 5.92 Å². The molecule has 2 aromatic carbocycles. The number of rotatable bonds is 5. The normalized spacial score (nSPS) is 16.9. The summed E-state index contributed by atoms with van der Waals surface area (Å²) in [5, 5.41) is 9.03. The van der Waals surface area contributed by atoms with Gasteiger partial charge in [-0.1, -0.05) is 17.7 Å². The Morgan fingerprint density at radius 1 is 1.07 bits per heavy atom. The third-order valence-corrected chi connectivity index (χ3v) is 5.94. The van der Waals surface area contributed by atoms with Gasteiger partial charge in [0.1, 0.15) is 0 Å². The summed E-state index contributed by atoms with van der Waals surface area (Å²) in [6, 6.07) is 12.6. The first-order valence-corrected chi connectivity index (χ1v) is 9.96. The number of hydrogen-bond donors (Lipinski definition) is 2. The van der Waals surface area contributed by atoms with Crippen LogP contribution in [0.5, 0.6) is 0 Å². The molecule has 1 aliphatic rings. The van der Waals surface area contributed by atoms with E-state index in [0.717, 1.165) is 5.56 Å². The molecule has 27 heavy (non-hydrogen) atoms. The molecule has 1 fully saturated rings. The summed E-state index contributed by atoms with van der Waals surface area (Å²) >= 11 is 0. The molecular formula is C19H20N2O5S. The minimum Gasteiger partial charge on any atom is -0.481 e. The summed E-state index contributed by atoms with van der Waals surface area (Å²) in [6.07, 6.45) is 0.425. The minimum absolute atomic E-state index is 0.0458. The van der Waals surface area contributed by atoms with Gasteiger partial charge >= 0.3 is 5.97 Å². The first kappa shape index (κ1) is 18.9. The van der Waals surface area contributed by atoms with E-state index in [-0.39, 0.29) is 17.3 Å². The van der Waals surface area contributed by atoms with Crippen LogP contribution in [0.25, 0.3) is 0 Å². The summed E-state index contributed by atoms with van der Waals surface area (Å²) in [6.45, 7) is 2.46. The lowest BCUT2D eigenvalue weighted by atomic mass is 10.1. The molecule has 1 unspecified atom stereocenters. The number of sulfonamides is 1. The SMILES string of the molecule is Cc1ccc(NS(=O)(=O)c2ccc(C(=O)N3CCC(C(=O)O)C3)cc2)cc1. The van der Waals surface area contributed by atoms with Gasteiger partial charge in [-0.2, -0.15) is 0 Å². The Morgan fingerprint density at radius 2 is 1.70 bits per heavy atom. The zero-order chi connectivity index (χ0) is 19.6. The van der Waals surface area contributed by atoms with E-state index < -0.39 is 21.9 Å². The van der Waals surface area contributed by atoms with Crippen LogP contribution in [0.3, 0.4) is 0 Å². The van der Waals surface area contributed by atoms with E-state index in [4.69, 9.17) is 5.11 Å². The summed E-state index contributed by atoms with van der Waals surface area (Å²) in [5.74, 6) is -1.75. The summed E-state index contributed by atoms with van der Waals surface area (Å²) in [7, 11) is -3.76. The van der Waals surface area contributed by atoms with E-state index in [1.165, 1.54) is 29.2 Å². The van der Waals surface area contributed by atoms with Gasteiger partial charge in [-0.15, -0.1) is 0 Å². The molecule has 7 nitrogen and oxygen atoms in total. The van der Waals surface area contributed by atoms with Crippen molar-refractivity contribution in [3.05, 3.63) is 59.7 Å². The van der Waals surface area contributed by atoms with E-state index in [1.54, 1.807) is 24.3 Å². The van der Waals surface area contributed by atoms with Crippen LogP contribution in [0.1, 0.15) is 22.3 Å². The smallest absolute Gasteiger partial charge is 0.308 e. The molecule has 0 spiro atoms. The molecular weight excluding hydrogens is 368 g/mol. The molecule has 142 valence electrons. The lowest BCUT2D eigenvalue weighted by Gasteiger charge is -2.16. The highest BCUT2D eigenvalue weighted by Gasteiger charge is 2.31. The van der Waals surface area contributed by atoms with E-state index in [2.05, 4.69) is 4.72 Å². The zero-order valence-electron chi connectivity index (χ0n) is 14.8. The number of carboxylic acids is 1. The van der Waals surface area contributed by atoms with Crippen molar-refractivity contribution in [2.45, 2.75) is 18.2 Å². The molecule has 3 rings (SSSR count). The predicted molar refractivity (Wildman–Crippen MR) is 100 cm³/mol. The maximum Gasteiger partial charge on any atom is 0.308 e. The lowest BCUT2D eigenvalue weighted by molar-refractivity contribution is -0.141. The van der Waals surface area contributed by atoms with Gasteiger partial charge in [0.25, 0.3) is 15.9 Å². The number of aliphatic carboxylic acids is 1. The van der Waals surface area contributed by atoms with Crippen molar-refractivity contribution in [3.8, 4) is 0 Å². The molecule has 0 saturated carbocycles. The van der Waals surface area contributed by atoms with Crippen molar-refractivity contribution in [1.29, 1.82) is 0 Å². The summed E-state index contributed by atoms with van der Waals surface area (Å²) in [4.78, 5) is 25.0. The molecule has 2 aromatic rings. The Labute approximate surface area is 157 Å². The van der Waals surface area contributed by atoms with Crippen LogP contribution >= 0.6 is 0 Å². The first-order chi connectivity index (χ1) is 12.8. The van der Waals surface area contributed by atoms with E-state index >= 15 is 0 Å². The molecule has 8 heteroatoms. The van der Waals surface area contributed by atoms with E-state index in [0.29, 0.717) is 24.2 Å². The number of carbonyl (C=O) groups excluding carboxylic acids is 1. The van der Waals surface area contributed by atoms with Gasteiger partial charge in [0, 0.05) is 24.3 Å². The van der Waals surface area contributed by atoms with Gasteiger partial charge in [-0.25, -0.2) is 8.42 Å². The average molecular weight is 388 g/mol. The number of nitrogens with one attached hydrogen (secondary N) is 1. The van der Waals surface area contributed by atoms with Crippen molar-refractivity contribution in [1.82, 2.24) is 4.90 Å². The Morgan fingerprint density at radius 3 is 2.26 bits per heavy atom. The Kier molecular flexibility index (Phi) is 5.18. The highest BCUT2D eigenvalue weighted by molar-refractivity contribution is 7.92. The highest BCUT2D eigenvalue weighted by Crippen LogP contribution is 2.21. The molecule has 2 N–H and O–H groups in total. The van der Waals surface area contributed by atoms with Gasteiger partial charge < -0.3 is 10.0 Å². The number of hydrogen-bond acceptors (Lipinski definition) is 4.